The fraction of sp³-hybridized carbons (Fsp3) is 0.750. The van der Waals surface area contributed by atoms with E-state index in [4.69, 9.17) is 0 Å². The van der Waals surface area contributed by atoms with Gasteiger partial charge < -0.3 is 0 Å². The fourth-order valence-corrected chi connectivity index (χ4v) is 1.42. The lowest BCUT2D eigenvalue weighted by molar-refractivity contribution is 0.645. The first kappa shape index (κ1) is 5.87. The highest BCUT2D eigenvalue weighted by atomic mass is 14.2. The average molecular weight is 110 g/mol. The average Bonchev–Trinajstić information content (AvgIpc) is 2.12. The molecule has 0 aliphatic heterocycles. The molecule has 0 aromatic rings. The van der Waals surface area contributed by atoms with Crippen molar-refractivity contribution in [1.82, 2.24) is 0 Å². The van der Waals surface area contributed by atoms with E-state index in [0.29, 0.717) is 0 Å². The number of hydrogen-bond acceptors (Lipinski definition) is 0. The Bertz CT molecular complexity index is 86.2. The summed E-state index contributed by atoms with van der Waals surface area (Å²) in [6.07, 6.45) is 5.65. The maximum absolute atomic E-state index is 3.94. The summed E-state index contributed by atoms with van der Waals surface area (Å²) in [5.41, 5.74) is 1.39. The third-order valence-corrected chi connectivity index (χ3v) is 2.05. The lowest BCUT2D eigenvalue weighted by Gasteiger charge is -2.05. The summed E-state index contributed by atoms with van der Waals surface area (Å²) in [5.74, 6) is 0.870. The van der Waals surface area contributed by atoms with Crippen molar-refractivity contribution in [2.24, 2.45) is 5.92 Å². The van der Waals surface area contributed by atoms with Crippen molar-refractivity contribution < 1.29 is 0 Å². The fourth-order valence-electron chi connectivity index (χ4n) is 1.42. The number of allylic oxidation sites excluding steroid dienone is 1. The van der Waals surface area contributed by atoms with Crippen LogP contribution >= 0.6 is 0 Å². The van der Waals surface area contributed by atoms with Crippen LogP contribution in [-0.4, -0.2) is 0 Å². The standard InChI is InChI=1S/C8H14/c1-7(2)8-5-3-4-6-8/h8H,1,3-6H2,2H3. The summed E-state index contributed by atoms with van der Waals surface area (Å²) in [6.45, 7) is 6.09. The Kier molecular flexibility index (Phi) is 1.72. The minimum absolute atomic E-state index is 0.870. The highest BCUT2D eigenvalue weighted by molar-refractivity contribution is 4.97. The smallest absolute Gasteiger partial charge is 0.0209 e. The molecule has 1 aliphatic rings. The molecule has 0 heteroatoms. The van der Waals surface area contributed by atoms with Crippen LogP contribution in [0.5, 0.6) is 0 Å². The molecule has 8 heavy (non-hydrogen) atoms. The Morgan fingerprint density at radius 1 is 1.38 bits per heavy atom. The zero-order valence-corrected chi connectivity index (χ0v) is 5.61. The van der Waals surface area contributed by atoms with Crippen molar-refractivity contribution in [2.75, 3.05) is 0 Å². The van der Waals surface area contributed by atoms with E-state index in [1.807, 2.05) is 0 Å². The summed E-state index contributed by atoms with van der Waals surface area (Å²) in [4.78, 5) is 0. The molecular formula is C8H14. The second kappa shape index (κ2) is 2.34. The van der Waals surface area contributed by atoms with E-state index in [-0.39, 0.29) is 0 Å². The van der Waals surface area contributed by atoms with Gasteiger partial charge in [0.2, 0.25) is 0 Å². The molecule has 1 aliphatic carbocycles. The van der Waals surface area contributed by atoms with E-state index in [2.05, 4.69) is 13.5 Å². The van der Waals surface area contributed by atoms with Crippen LogP contribution in [0.2, 0.25) is 0 Å². The van der Waals surface area contributed by atoms with Gasteiger partial charge in [-0.05, 0) is 25.7 Å². The molecule has 0 heterocycles. The molecule has 0 bridgehead atoms. The maximum atomic E-state index is 3.94. The second-order valence-electron chi connectivity index (χ2n) is 2.83. The predicted molar refractivity (Wildman–Crippen MR) is 36.8 cm³/mol. The molecule has 0 radical (unpaired) electrons. The van der Waals surface area contributed by atoms with Crippen molar-refractivity contribution in [2.45, 2.75) is 32.6 Å². The van der Waals surface area contributed by atoms with Crippen molar-refractivity contribution in [3.05, 3.63) is 12.2 Å². The Labute approximate surface area is 51.6 Å². The SMILES string of the molecule is C=C(C)C1CCCC1. The Morgan fingerprint density at radius 2 is 1.88 bits per heavy atom. The molecule has 46 valence electrons. The second-order valence-corrected chi connectivity index (χ2v) is 2.83. The zero-order valence-electron chi connectivity index (χ0n) is 5.61. The third-order valence-electron chi connectivity index (χ3n) is 2.05. The first-order valence-corrected chi connectivity index (χ1v) is 3.46. The van der Waals surface area contributed by atoms with Crippen LogP contribution in [0.1, 0.15) is 32.6 Å². The van der Waals surface area contributed by atoms with Crippen LogP contribution in [-0.2, 0) is 0 Å². The van der Waals surface area contributed by atoms with Gasteiger partial charge in [-0.2, -0.15) is 0 Å². The molecule has 0 nitrogen and oxygen atoms in total. The largest absolute Gasteiger partial charge is 0.0999 e. The maximum Gasteiger partial charge on any atom is -0.0209 e. The molecule has 0 saturated heterocycles. The molecule has 0 N–H and O–H groups in total. The predicted octanol–water partition coefficient (Wildman–Crippen LogP) is 2.75. The first-order valence-electron chi connectivity index (χ1n) is 3.46. The van der Waals surface area contributed by atoms with E-state index in [9.17, 15) is 0 Å². The quantitative estimate of drug-likeness (QED) is 0.455. The van der Waals surface area contributed by atoms with E-state index < -0.39 is 0 Å². The minimum Gasteiger partial charge on any atom is -0.0999 e. The van der Waals surface area contributed by atoms with Gasteiger partial charge >= 0.3 is 0 Å². The summed E-state index contributed by atoms with van der Waals surface area (Å²) in [6, 6.07) is 0. The molecule has 0 aromatic carbocycles. The number of rotatable bonds is 1. The van der Waals surface area contributed by atoms with Crippen LogP contribution in [0, 0.1) is 5.92 Å². The van der Waals surface area contributed by atoms with Crippen molar-refractivity contribution in [3.63, 3.8) is 0 Å². The molecule has 1 fully saturated rings. The van der Waals surface area contributed by atoms with E-state index in [0.717, 1.165) is 5.92 Å². The number of hydrogen-bond donors (Lipinski definition) is 0. The van der Waals surface area contributed by atoms with Gasteiger partial charge in [0.1, 0.15) is 0 Å². The van der Waals surface area contributed by atoms with Gasteiger partial charge in [-0.1, -0.05) is 25.0 Å². The topological polar surface area (TPSA) is 0 Å². The van der Waals surface area contributed by atoms with Gasteiger partial charge in [-0.15, -0.1) is 0 Å². The van der Waals surface area contributed by atoms with Gasteiger partial charge in [0.25, 0.3) is 0 Å². The van der Waals surface area contributed by atoms with E-state index in [1.165, 1.54) is 31.3 Å². The van der Waals surface area contributed by atoms with E-state index >= 15 is 0 Å². The molecule has 0 unspecified atom stereocenters. The summed E-state index contributed by atoms with van der Waals surface area (Å²) < 4.78 is 0. The summed E-state index contributed by atoms with van der Waals surface area (Å²) in [5, 5.41) is 0. The van der Waals surface area contributed by atoms with Crippen molar-refractivity contribution >= 4 is 0 Å². The third kappa shape index (κ3) is 1.12. The van der Waals surface area contributed by atoms with E-state index in [1.54, 1.807) is 0 Å². The Morgan fingerprint density at radius 3 is 2.12 bits per heavy atom. The molecule has 1 saturated carbocycles. The first-order chi connectivity index (χ1) is 3.80. The van der Waals surface area contributed by atoms with Crippen molar-refractivity contribution in [3.8, 4) is 0 Å². The summed E-state index contributed by atoms with van der Waals surface area (Å²) >= 11 is 0. The highest BCUT2D eigenvalue weighted by Gasteiger charge is 2.14. The minimum atomic E-state index is 0.870. The molecule has 1 rings (SSSR count). The normalized spacial score (nSPS) is 21.6. The van der Waals surface area contributed by atoms with Crippen LogP contribution in [0.25, 0.3) is 0 Å². The molecular weight excluding hydrogens is 96.1 g/mol. The van der Waals surface area contributed by atoms with Gasteiger partial charge in [-0.25, -0.2) is 0 Å². The zero-order chi connectivity index (χ0) is 5.98. The molecule has 0 spiro atoms. The van der Waals surface area contributed by atoms with Crippen LogP contribution in [0.3, 0.4) is 0 Å². The van der Waals surface area contributed by atoms with Crippen molar-refractivity contribution in [1.29, 1.82) is 0 Å². The lowest BCUT2D eigenvalue weighted by Crippen LogP contribution is -1.91. The molecule has 0 amide bonds. The van der Waals surface area contributed by atoms with Gasteiger partial charge in [0.15, 0.2) is 0 Å². The van der Waals surface area contributed by atoms with Gasteiger partial charge in [-0.3, -0.25) is 0 Å². The summed E-state index contributed by atoms with van der Waals surface area (Å²) in [7, 11) is 0. The Balaban J connectivity index is 2.35. The Hall–Kier alpha value is -0.260. The van der Waals surface area contributed by atoms with Gasteiger partial charge in [0.05, 0.1) is 0 Å². The van der Waals surface area contributed by atoms with Crippen LogP contribution in [0.15, 0.2) is 12.2 Å². The van der Waals surface area contributed by atoms with Gasteiger partial charge in [0, 0.05) is 0 Å². The highest BCUT2D eigenvalue weighted by Crippen LogP contribution is 2.29. The lowest BCUT2D eigenvalue weighted by atomic mass is 10.0. The molecule has 0 aromatic heterocycles. The molecule has 0 atom stereocenters. The van der Waals surface area contributed by atoms with Crippen LogP contribution in [0.4, 0.5) is 0 Å². The van der Waals surface area contributed by atoms with Crippen LogP contribution < -0.4 is 0 Å². The monoisotopic (exact) mass is 110 g/mol.